The Balaban J connectivity index is 1.49. The van der Waals surface area contributed by atoms with Crippen LogP contribution in [0.1, 0.15) is 51.4 Å². The average molecular weight is 268 g/mol. The van der Waals surface area contributed by atoms with E-state index in [4.69, 9.17) is 4.74 Å². The fraction of sp³-hybridized carbons (Fsp3) is 0.933. The Bertz CT molecular complexity index is 259. The fourth-order valence-corrected chi connectivity index (χ4v) is 3.00. The van der Waals surface area contributed by atoms with Gasteiger partial charge in [-0.2, -0.15) is 0 Å². The van der Waals surface area contributed by atoms with Gasteiger partial charge in [0.2, 0.25) is 5.91 Å². The number of piperidine rings is 1. The van der Waals surface area contributed by atoms with Crippen LogP contribution in [-0.2, 0) is 9.53 Å². The molecular weight excluding hydrogens is 240 g/mol. The highest BCUT2D eigenvalue weighted by atomic mass is 16.5. The Hall–Kier alpha value is -0.610. The van der Waals surface area contributed by atoms with Gasteiger partial charge in [-0.05, 0) is 64.0 Å². The van der Waals surface area contributed by atoms with Gasteiger partial charge in [0.25, 0.3) is 0 Å². The summed E-state index contributed by atoms with van der Waals surface area (Å²) in [4.78, 5) is 11.7. The van der Waals surface area contributed by atoms with Gasteiger partial charge >= 0.3 is 0 Å². The third kappa shape index (κ3) is 5.91. The van der Waals surface area contributed by atoms with E-state index in [1.165, 1.54) is 25.7 Å². The maximum Gasteiger partial charge on any atom is 0.220 e. The fourth-order valence-electron chi connectivity index (χ4n) is 3.00. The van der Waals surface area contributed by atoms with Gasteiger partial charge in [-0.25, -0.2) is 0 Å². The van der Waals surface area contributed by atoms with E-state index in [-0.39, 0.29) is 5.91 Å². The lowest BCUT2D eigenvalue weighted by molar-refractivity contribution is -0.122. The minimum atomic E-state index is 0.193. The molecule has 0 aliphatic carbocycles. The van der Waals surface area contributed by atoms with Crippen molar-refractivity contribution in [3.63, 3.8) is 0 Å². The van der Waals surface area contributed by atoms with Gasteiger partial charge < -0.3 is 15.4 Å². The molecule has 2 fully saturated rings. The standard InChI is InChI=1S/C15H28N2O2/c18-15(7-6-14-5-1-2-11-19-14)17-10-8-13-4-3-9-16-12-13/h13-14,16H,1-12H2,(H,17,18). The Morgan fingerprint density at radius 3 is 2.89 bits per heavy atom. The number of rotatable bonds is 6. The average Bonchev–Trinajstić information content (AvgIpc) is 2.47. The molecule has 4 nitrogen and oxygen atoms in total. The Labute approximate surface area is 116 Å². The first-order valence-electron chi connectivity index (χ1n) is 7.93. The molecule has 2 heterocycles. The molecule has 0 aromatic carbocycles. The van der Waals surface area contributed by atoms with Crippen LogP contribution < -0.4 is 10.6 Å². The largest absolute Gasteiger partial charge is 0.378 e. The quantitative estimate of drug-likeness (QED) is 0.773. The molecule has 110 valence electrons. The molecule has 2 aliphatic heterocycles. The van der Waals surface area contributed by atoms with E-state index in [1.807, 2.05) is 0 Å². The minimum Gasteiger partial charge on any atom is -0.378 e. The van der Waals surface area contributed by atoms with E-state index in [2.05, 4.69) is 10.6 Å². The summed E-state index contributed by atoms with van der Waals surface area (Å²) < 4.78 is 5.64. The topological polar surface area (TPSA) is 50.4 Å². The summed E-state index contributed by atoms with van der Waals surface area (Å²) in [6.07, 6.45) is 9.07. The lowest BCUT2D eigenvalue weighted by Gasteiger charge is -2.23. The zero-order chi connectivity index (χ0) is 13.3. The second kappa shape index (κ2) is 8.54. The number of carbonyl (C=O) groups is 1. The van der Waals surface area contributed by atoms with Crippen LogP contribution in [0, 0.1) is 5.92 Å². The van der Waals surface area contributed by atoms with Crippen LogP contribution in [0.15, 0.2) is 0 Å². The van der Waals surface area contributed by atoms with Gasteiger partial charge in [-0.3, -0.25) is 4.79 Å². The number of nitrogens with one attached hydrogen (secondary N) is 2. The summed E-state index contributed by atoms with van der Waals surface area (Å²) >= 11 is 0. The van der Waals surface area contributed by atoms with Crippen molar-refractivity contribution in [3.8, 4) is 0 Å². The summed E-state index contributed by atoms with van der Waals surface area (Å²) in [6, 6.07) is 0. The molecule has 1 amide bonds. The number of carbonyl (C=O) groups excluding carboxylic acids is 1. The van der Waals surface area contributed by atoms with Crippen molar-refractivity contribution in [2.75, 3.05) is 26.2 Å². The maximum atomic E-state index is 11.7. The third-order valence-corrected chi connectivity index (χ3v) is 4.24. The van der Waals surface area contributed by atoms with E-state index < -0.39 is 0 Å². The molecule has 2 saturated heterocycles. The lowest BCUT2D eigenvalue weighted by atomic mass is 9.96. The summed E-state index contributed by atoms with van der Waals surface area (Å²) in [6.45, 7) is 3.98. The van der Waals surface area contributed by atoms with Crippen LogP contribution in [0.5, 0.6) is 0 Å². The van der Waals surface area contributed by atoms with Crippen LogP contribution in [0.3, 0.4) is 0 Å². The smallest absolute Gasteiger partial charge is 0.220 e. The van der Waals surface area contributed by atoms with Crippen molar-refractivity contribution >= 4 is 5.91 Å². The molecule has 2 aliphatic rings. The zero-order valence-corrected chi connectivity index (χ0v) is 12.0. The molecular formula is C15H28N2O2. The predicted octanol–water partition coefficient (Wildman–Crippen LogP) is 1.84. The van der Waals surface area contributed by atoms with Gasteiger partial charge in [-0.15, -0.1) is 0 Å². The second-order valence-electron chi connectivity index (χ2n) is 5.88. The van der Waals surface area contributed by atoms with E-state index in [9.17, 15) is 4.79 Å². The molecule has 0 bridgehead atoms. The first kappa shape index (κ1) is 14.8. The van der Waals surface area contributed by atoms with E-state index >= 15 is 0 Å². The van der Waals surface area contributed by atoms with Gasteiger partial charge in [0, 0.05) is 19.6 Å². The SMILES string of the molecule is O=C(CCC1CCCCO1)NCCC1CCCNC1. The molecule has 4 heteroatoms. The van der Waals surface area contributed by atoms with Gasteiger partial charge in [0.1, 0.15) is 0 Å². The van der Waals surface area contributed by atoms with Crippen LogP contribution in [0.25, 0.3) is 0 Å². The molecule has 0 spiro atoms. The van der Waals surface area contributed by atoms with Gasteiger partial charge in [-0.1, -0.05) is 0 Å². The molecule has 0 aromatic heterocycles. The van der Waals surface area contributed by atoms with Crippen molar-refractivity contribution in [3.05, 3.63) is 0 Å². The number of amides is 1. The summed E-state index contributed by atoms with van der Waals surface area (Å²) in [5.41, 5.74) is 0. The third-order valence-electron chi connectivity index (χ3n) is 4.24. The van der Waals surface area contributed by atoms with Gasteiger partial charge in [0.05, 0.1) is 6.10 Å². The molecule has 0 saturated carbocycles. The van der Waals surface area contributed by atoms with Crippen LogP contribution >= 0.6 is 0 Å². The van der Waals surface area contributed by atoms with Crippen molar-refractivity contribution in [1.82, 2.24) is 10.6 Å². The molecule has 0 aromatic rings. The van der Waals surface area contributed by atoms with Crippen LogP contribution in [0.4, 0.5) is 0 Å². The van der Waals surface area contributed by atoms with Crippen molar-refractivity contribution in [2.45, 2.75) is 57.5 Å². The summed E-state index contributed by atoms with van der Waals surface area (Å²) in [5.74, 6) is 0.939. The highest BCUT2D eigenvalue weighted by Gasteiger charge is 2.16. The molecule has 2 rings (SSSR count). The van der Waals surface area contributed by atoms with Crippen molar-refractivity contribution in [2.24, 2.45) is 5.92 Å². The van der Waals surface area contributed by atoms with Crippen molar-refractivity contribution in [1.29, 1.82) is 0 Å². The number of hydrogen-bond donors (Lipinski definition) is 2. The van der Waals surface area contributed by atoms with E-state index in [0.717, 1.165) is 51.4 Å². The summed E-state index contributed by atoms with van der Waals surface area (Å²) in [5, 5.41) is 6.46. The number of hydrogen-bond acceptors (Lipinski definition) is 3. The first-order chi connectivity index (χ1) is 9.34. The normalized spacial score (nSPS) is 28.0. The first-order valence-corrected chi connectivity index (χ1v) is 7.93. The van der Waals surface area contributed by atoms with Gasteiger partial charge in [0.15, 0.2) is 0 Å². The van der Waals surface area contributed by atoms with E-state index in [0.29, 0.717) is 12.5 Å². The highest BCUT2D eigenvalue weighted by Crippen LogP contribution is 2.17. The minimum absolute atomic E-state index is 0.193. The monoisotopic (exact) mass is 268 g/mol. The lowest BCUT2D eigenvalue weighted by Crippen LogP contribution is -2.33. The molecule has 2 atom stereocenters. The predicted molar refractivity (Wildman–Crippen MR) is 76.0 cm³/mol. The van der Waals surface area contributed by atoms with Crippen LogP contribution in [-0.4, -0.2) is 38.3 Å². The molecule has 19 heavy (non-hydrogen) atoms. The number of ether oxygens (including phenoxy) is 1. The van der Waals surface area contributed by atoms with Crippen LogP contribution in [0.2, 0.25) is 0 Å². The molecule has 0 radical (unpaired) electrons. The molecule has 2 N–H and O–H groups in total. The Morgan fingerprint density at radius 1 is 1.21 bits per heavy atom. The summed E-state index contributed by atoms with van der Waals surface area (Å²) in [7, 11) is 0. The zero-order valence-electron chi connectivity index (χ0n) is 12.0. The maximum absolute atomic E-state index is 11.7. The molecule has 2 unspecified atom stereocenters. The Kier molecular flexibility index (Phi) is 6.65. The highest BCUT2D eigenvalue weighted by molar-refractivity contribution is 5.75. The van der Waals surface area contributed by atoms with E-state index in [1.54, 1.807) is 0 Å². The van der Waals surface area contributed by atoms with Crippen molar-refractivity contribution < 1.29 is 9.53 Å². The Morgan fingerprint density at radius 2 is 2.16 bits per heavy atom. The second-order valence-corrected chi connectivity index (χ2v) is 5.88.